The third-order valence-electron chi connectivity index (χ3n) is 0.443. The third kappa shape index (κ3) is 4.10. The van der Waals surface area contributed by atoms with Crippen LogP contribution < -0.4 is 0 Å². The number of allylic oxidation sites excluding steroid dienone is 1. The maximum absolute atomic E-state index is 11.2. The van der Waals surface area contributed by atoms with Crippen molar-refractivity contribution in [1.82, 2.24) is 0 Å². The molecule has 0 amide bonds. The van der Waals surface area contributed by atoms with Gasteiger partial charge in [-0.3, -0.25) is 0 Å². The second-order valence-electron chi connectivity index (χ2n) is 0.961. The average Bonchev–Trinajstić information content (AvgIpc) is 1.61. The van der Waals surface area contributed by atoms with Crippen molar-refractivity contribution < 1.29 is 4.20 Å². The van der Waals surface area contributed by atoms with Gasteiger partial charge in [-0.1, -0.05) is 6.08 Å². The van der Waals surface area contributed by atoms with Gasteiger partial charge in [0.05, 0.1) is 8.89 Å². The van der Waals surface area contributed by atoms with Gasteiger partial charge in [-0.25, -0.2) is 4.20 Å². The van der Waals surface area contributed by atoms with Gasteiger partial charge in [0.1, 0.15) is 0 Å². The summed E-state index contributed by atoms with van der Waals surface area (Å²) in [5.41, 5.74) is 0. The van der Waals surface area contributed by atoms with Crippen molar-refractivity contribution in [3.63, 3.8) is 0 Å². The lowest BCUT2D eigenvalue weighted by molar-refractivity contribution is 0.909. The number of halogens is 1. The predicted octanol–water partition coefficient (Wildman–Crippen LogP) is 2.13. The Hall–Kier alpha value is 0.100. The van der Waals surface area contributed by atoms with Crippen molar-refractivity contribution >= 4 is 8.89 Å². The smallest absolute Gasteiger partial charge is 0.0674 e. The Bertz CT molecular complexity index is 36.5. The normalized spacial score (nSPS) is 10.2. The third-order valence-corrected chi connectivity index (χ3v) is 0.921. The largest absolute Gasteiger partial charge is 0.231 e. The summed E-state index contributed by atoms with van der Waals surface area (Å²) in [6.07, 6.45) is 3.20. The topological polar surface area (TPSA) is 0 Å². The average molecular weight is 106 g/mol. The molecule has 0 aromatic carbocycles. The van der Waals surface area contributed by atoms with Gasteiger partial charge in [-0.05, 0) is 12.6 Å². The lowest BCUT2D eigenvalue weighted by Crippen LogP contribution is -1.62. The van der Waals surface area contributed by atoms with Gasteiger partial charge in [0, 0.05) is 0 Å². The Morgan fingerprint density at radius 1 is 1.83 bits per heavy atom. The van der Waals surface area contributed by atoms with Crippen molar-refractivity contribution in [3.8, 4) is 0 Å². The zero-order chi connectivity index (χ0) is 4.83. The van der Waals surface area contributed by atoms with Crippen molar-refractivity contribution in [2.45, 2.75) is 6.42 Å². The van der Waals surface area contributed by atoms with E-state index in [-0.39, 0.29) is 0 Å². The van der Waals surface area contributed by atoms with Crippen LogP contribution in [0.15, 0.2) is 12.7 Å². The predicted molar refractivity (Wildman–Crippen MR) is 29.1 cm³/mol. The van der Waals surface area contributed by atoms with E-state index < -0.39 is 8.89 Å². The second-order valence-corrected chi connectivity index (χ2v) is 1.73. The first-order valence-electron chi connectivity index (χ1n) is 1.86. The van der Waals surface area contributed by atoms with E-state index in [1.165, 1.54) is 0 Å². The summed E-state index contributed by atoms with van der Waals surface area (Å²) in [7, 11) is -0.407. The molecule has 0 nitrogen and oxygen atoms in total. The molecule has 0 aliphatic heterocycles. The molecule has 2 heteroatoms. The molecule has 0 bridgehead atoms. The van der Waals surface area contributed by atoms with Gasteiger partial charge in [-0.15, -0.1) is 6.58 Å². The van der Waals surface area contributed by atoms with Gasteiger partial charge in [0.2, 0.25) is 0 Å². The fourth-order valence-electron chi connectivity index (χ4n) is 0.157. The zero-order valence-corrected chi connectivity index (χ0v) is 4.58. The van der Waals surface area contributed by atoms with Crippen LogP contribution in [0, 0.1) is 0 Å². The minimum atomic E-state index is -0.407. The van der Waals surface area contributed by atoms with Gasteiger partial charge in [-0.2, -0.15) is 0 Å². The van der Waals surface area contributed by atoms with Crippen LogP contribution in [0.25, 0.3) is 0 Å². The minimum absolute atomic E-state index is 0.407. The van der Waals surface area contributed by atoms with E-state index in [2.05, 4.69) is 6.58 Å². The van der Waals surface area contributed by atoms with E-state index in [4.69, 9.17) is 0 Å². The summed E-state index contributed by atoms with van der Waals surface area (Å²) in [5, 5.41) is 0. The zero-order valence-electron chi connectivity index (χ0n) is 3.58. The van der Waals surface area contributed by atoms with Crippen molar-refractivity contribution in [2.24, 2.45) is 0 Å². The van der Waals surface area contributed by atoms with E-state index >= 15 is 0 Å². The maximum atomic E-state index is 11.2. The van der Waals surface area contributed by atoms with Crippen LogP contribution in [-0.2, 0) is 0 Å². The Labute approximate surface area is 39.3 Å². The van der Waals surface area contributed by atoms with Crippen molar-refractivity contribution in [2.75, 3.05) is 6.16 Å². The highest BCUT2D eigenvalue weighted by molar-refractivity contribution is 7.31. The Morgan fingerprint density at radius 3 is 2.67 bits per heavy atom. The molecule has 0 heterocycles. The lowest BCUT2D eigenvalue weighted by Gasteiger charge is -1.79. The fraction of sp³-hybridized carbons (Fsp3) is 0.500. The fourth-order valence-corrected chi connectivity index (χ4v) is 0.470. The molecule has 0 saturated carbocycles. The molecule has 0 rings (SSSR count). The lowest BCUT2D eigenvalue weighted by atomic mass is 10.5. The highest BCUT2D eigenvalue weighted by atomic mass is 31.1. The molecule has 0 aliphatic rings. The van der Waals surface area contributed by atoms with Crippen LogP contribution in [0.1, 0.15) is 6.42 Å². The molecule has 0 N–H and O–H groups in total. The highest BCUT2D eigenvalue weighted by Gasteiger charge is 1.74. The summed E-state index contributed by atoms with van der Waals surface area (Å²) < 4.78 is 11.2. The van der Waals surface area contributed by atoms with E-state index in [1.54, 1.807) is 6.08 Å². The van der Waals surface area contributed by atoms with Crippen molar-refractivity contribution in [1.29, 1.82) is 0 Å². The number of hydrogen-bond donors (Lipinski definition) is 0. The first-order valence-corrected chi connectivity index (χ1v) is 2.94. The van der Waals surface area contributed by atoms with E-state index in [9.17, 15) is 4.20 Å². The molecule has 1 unspecified atom stereocenters. The maximum Gasteiger partial charge on any atom is 0.0674 e. The van der Waals surface area contributed by atoms with Crippen molar-refractivity contribution in [3.05, 3.63) is 12.7 Å². The molecule has 0 fully saturated rings. The van der Waals surface area contributed by atoms with Crippen LogP contribution in [0.3, 0.4) is 0 Å². The molecule has 0 saturated heterocycles. The molecule has 1 atom stereocenters. The molecule has 0 radical (unpaired) electrons. The quantitative estimate of drug-likeness (QED) is 0.293. The monoisotopic (exact) mass is 106 g/mol. The van der Waals surface area contributed by atoms with E-state index in [0.29, 0.717) is 6.16 Å². The summed E-state index contributed by atoms with van der Waals surface area (Å²) in [5.74, 6) is 0. The standard InChI is InChI=1S/C4H8FP/c1-2-3-4-6-5/h2,6H,1,3-4H2. The molecule has 0 aromatic heterocycles. The Balaban J connectivity index is 2.49. The summed E-state index contributed by atoms with van der Waals surface area (Å²) >= 11 is 0. The van der Waals surface area contributed by atoms with Crippen LogP contribution in [0.2, 0.25) is 0 Å². The molecule has 36 valence electrons. The Morgan fingerprint density at radius 2 is 2.50 bits per heavy atom. The molecule has 0 aliphatic carbocycles. The first kappa shape index (κ1) is 6.10. The molecule has 0 aromatic rings. The van der Waals surface area contributed by atoms with Crippen LogP contribution in [0.5, 0.6) is 0 Å². The summed E-state index contributed by atoms with van der Waals surface area (Å²) in [6.45, 7) is 3.44. The Kier molecular flexibility index (Phi) is 5.18. The number of rotatable bonds is 3. The summed E-state index contributed by atoms with van der Waals surface area (Å²) in [4.78, 5) is 0. The molecule has 0 spiro atoms. The van der Waals surface area contributed by atoms with Crippen LogP contribution in [0.4, 0.5) is 4.20 Å². The first-order chi connectivity index (χ1) is 2.91. The van der Waals surface area contributed by atoms with Gasteiger partial charge >= 0.3 is 0 Å². The second kappa shape index (κ2) is 5.10. The van der Waals surface area contributed by atoms with E-state index in [1.807, 2.05) is 0 Å². The molecule has 6 heavy (non-hydrogen) atoms. The minimum Gasteiger partial charge on any atom is -0.231 e. The highest BCUT2D eigenvalue weighted by Crippen LogP contribution is 2.10. The number of hydrogen-bond acceptors (Lipinski definition) is 0. The van der Waals surface area contributed by atoms with Gasteiger partial charge < -0.3 is 0 Å². The SMILES string of the molecule is C=CCCPF. The molecular formula is C4H8FP. The van der Waals surface area contributed by atoms with Crippen LogP contribution in [-0.4, -0.2) is 6.16 Å². The van der Waals surface area contributed by atoms with Crippen LogP contribution >= 0.6 is 8.89 Å². The van der Waals surface area contributed by atoms with E-state index in [0.717, 1.165) is 6.42 Å². The van der Waals surface area contributed by atoms with Gasteiger partial charge in [0.15, 0.2) is 0 Å². The molecular weight excluding hydrogens is 98.0 g/mol. The summed E-state index contributed by atoms with van der Waals surface area (Å²) in [6, 6.07) is 0. The van der Waals surface area contributed by atoms with Gasteiger partial charge in [0.25, 0.3) is 0 Å².